The van der Waals surface area contributed by atoms with Crippen molar-refractivity contribution in [2.45, 2.75) is 12.5 Å². The van der Waals surface area contributed by atoms with Crippen LogP contribution in [0.15, 0.2) is 42.5 Å². The average molecular weight is 323 g/mol. The molecule has 2 rings (SSSR count). The lowest BCUT2D eigenvalue weighted by Gasteiger charge is -2.15. The number of amides is 1. The van der Waals surface area contributed by atoms with E-state index in [1.54, 1.807) is 0 Å². The molecule has 2 N–H and O–H groups in total. The maximum absolute atomic E-state index is 13.6. The van der Waals surface area contributed by atoms with Crippen molar-refractivity contribution in [1.29, 1.82) is 0 Å². The molecule has 0 aliphatic rings. The van der Waals surface area contributed by atoms with Gasteiger partial charge in [-0.1, -0.05) is 18.2 Å². The summed E-state index contributed by atoms with van der Waals surface area (Å²) in [4.78, 5) is 23.2. The van der Waals surface area contributed by atoms with Gasteiger partial charge in [0.15, 0.2) is 11.6 Å². The summed E-state index contributed by atoms with van der Waals surface area (Å²) >= 11 is 0. The number of carbonyl (C=O) groups is 2. The first kappa shape index (κ1) is 16.5. The van der Waals surface area contributed by atoms with Crippen LogP contribution in [0.2, 0.25) is 0 Å². The van der Waals surface area contributed by atoms with Gasteiger partial charge in [-0.3, -0.25) is 4.79 Å². The van der Waals surface area contributed by atoms with Crippen molar-refractivity contribution in [3.63, 3.8) is 0 Å². The number of rotatable bonds is 5. The van der Waals surface area contributed by atoms with Crippen LogP contribution in [0.25, 0.3) is 0 Å². The van der Waals surface area contributed by atoms with Crippen molar-refractivity contribution in [2.24, 2.45) is 0 Å². The summed E-state index contributed by atoms with van der Waals surface area (Å²) in [7, 11) is 0. The van der Waals surface area contributed by atoms with E-state index in [0.29, 0.717) is 5.56 Å². The number of carbonyl (C=O) groups excluding carboxylic acids is 1. The Labute approximate surface area is 129 Å². The molecule has 0 aromatic heterocycles. The number of halogens is 3. The maximum atomic E-state index is 13.6. The molecule has 0 aliphatic carbocycles. The van der Waals surface area contributed by atoms with Crippen molar-refractivity contribution in [3.05, 3.63) is 71.0 Å². The predicted octanol–water partition coefficient (Wildman–Crippen LogP) is 2.53. The molecule has 0 fully saturated rings. The van der Waals surface area contributed by atoms with Crippen molar-refractivity contribution in [1.82, 2.24) is 5.32 Å². The third-order valence-corrected chi connectivity index (χ3v) is 3.13. The Bertz CT molecular complexity index is 749. The number of carboxylic acid groups (broad SMARTS) is 1. The molecule has 0 saturated heterocycles. The topological polar surface area (TPSA) is 66.4 Å². The minimum Gasteiger partial charge on any atom is -0.480 e. The van der Waals surface area contributed by atoms with Crippen LogP contribution in [0.1, 0.15) is 15.9 Å². The van der Waals surface area contributed by atoms with Crippen LogP contribution in [0.5, 0.6) is 0 Å². The van der Waals surface area contributed by atoms with E-state index in [9.17, 15) is 22.8 Å². The molecule has 120 valence electrons. The first-order valence-corrected chi connectivity index (χ1v) is 6.60. The van der Waals surface area contributed by atoms with Gasteiger partial charge in [0.05, 0.1) is 5.56 Å². The Hall–Kier alpha value is -2.83. The van der Waals surface area contributed by atoms with Gasteiger partial charge in [0.25, 0.3) is 5.91 Å². The van der Waals surface area contributed by atoms with Crippen LogP contribution in [0.4, 0.5) is 13.2 Å². The highest BCUT2D eigenvalue weighted by molar-refractivity contribution is 5.96. The Morgan fingerprint density at radius 2 is 1.78 bits per heavy atom. The Balaban J connectivity index is 2.18. The van der Waals surface area contributed by atoms with Gasteiger partial charge in [-0.05, 0) is 29.8 Å². The molecule has 2 aromatic carbocycles. The molecule has 0 saturated carbocycles. The number of aliphatic carboxylic acids is 1. The van der Waals surface area contributed by atoms with Crippen LogP contribution in [0, 0.1) is 17.5 Å². The monoisotopic (exact) mass is 323 g/mol. The molecule has 1 atom stereocenters. The summed E-state index contributed by atoms with van der Waals surface area (Å²) in [5.74, 6) is -5.56. The lowest BCUT2D eigenvalue weighted by Crippen LogP contribution is -2.42. The molecule has 4 nitrogen and oxygen atoms in total. The van der Waals surface area contributed by atoms with Gasteiger partial charge in [0, 0.05) is 6.42 Å². The largest absolute Gasteiger partial charge is 0.480 e. The molecule has 0 heterocycles. The summed E-state index contributed by atoms with van der Waals surface area (Å²) in [6, 6.07) is 6.82. The highest BCUT2D eigenvalue weighted by Crippen LogP contribution is 2.12. The molecule has 1 amide bonds. The molecule has 7 heteroatoms. The quantitative estimate of drug-likeness (QED) is 0.888. The number of nitrogens with one attached hydrogen (secondary N) is 1. The summed E-state index contributed by atoms with van der Waals surface area (Å²) in [6.07, 6.45) is -0.199. The average Bonchev–Trinajstić information content (AvgIpc) is 2.49. The standard InChI is InChI=1S/C16H12F3NO3/c17-10-4-1-3-9(7-10)8-13(16(22)23)20-15(21)11-5-2-6-12(18)14(11)19/h1-7,13H,8H2,(H,20,21)(H,22,23)/t13-/m0/s1. The van der Waals surface area contributed by atoms with Crippen molar-refractivity contribution in [2.75, 3.05) is 0 Å². The van der Waals surface area contributed by atoms with E-state index in [1.165, 1.54) is 18.2 Å². The Morgan fingerprint density at radius 1 is 1.09 bits per heavy atom. The summed E-state index contributed by atoms with van der Waals surface area (Å²) in [5.41, 5.74) is -0.257. The molecule has 0 bridgehead atoms. The van der Waals surface area contributed by atoms with Crippen LogP contribution in [-0.4, -0.2) is 23.0 Å². The molecule has 0 aliphatic heterocycles. The van der Waals surface area contributed by atoms with Gasteiger partial charge in [-0.25, -0.2) is 18.0 Å². The molecule has 2 aromatic rings. The number of benzene rings is 2. The summed E-state index contributed by atoms with van der Waals surface area (Å²) < 4.78 is 39.8. The second kappa shape index (κ2) is 6.95. The molecular weight excluding hydrogens is 311 g/mol. The third kappa shape index (κ3) is 4.09. The zero-order valence-corrected chi connectivity index (χ0v) is 11.7. The zero-order chi connectivity index (χ0) is 17.0. The first-order chi connectivity index (χ1) is 10.9. The Kier molecular flexibility index (Phi) is 5.00. The normalized spacial score (nSPS) is 11.8. The van der Waals surface area contributed by atoms with Gasteiger partial charge in [-0.2, -0.15) is 0 Å². The van der Waals surface area contributed by atoms with Gasteiger partial charge in [-0.15, -0.1) is 0 Å². The highest BCUT2D eigenvalue weighted by atomic mass is 19.2. The van der Waals surface area contributed by atoms with Crippen molar-refractivity contribution in [3.8, 4) is 0 Å². The van der Waals surface area contributed by atoms with Crippen LogP contribution < -0.4 is 5.32 Å². The summed E-state index contributed by atoms with van der Waals surface area (Å²) in [5, 5.41) is 11.2. The minimum atomic E-state index is -1.41. The maximum Gasteiger partial charge on any atom is 0.326 e. The van der Waals surface area contributed by atoms with E-state index < -0.39 is 40.9 Å². The molecule has 0 radical (unpaired) electrons. The highest BCUT2D eigenvalue weighted by Gasteiger charge is 2.23. The van der Waals surface area contributed by atoms with Gasteiger partial charge >= 0.3 is 5.97 Å². The second-order valence-corrected chi connectivity index (χ2v) is 4.80. The first-order valence-electron chi connectivity index (χ1n) is 6.60. The van der Waals surface area contributed by atoms with E-state index in [2.05, 4.69) is 5.32 Å². The lowest BCUT2D eigenvalue weighted by molar-refractivity contribution is -0.139. The van der Waals surface area contributed by atoms with Gasteiger partial charge in [0.2, 0.25) is 0 Å². The molecule has 0 unspecified atom stereocenters. The fourth-order valence-electron chi connectivity index (χ4n) is 2.01. The van der Waals surface area contributed by atoms with Crippen LogP contribution in [0.3, 0.4) is 0 Å². The van der Waals surface area contributed by atoms with E-state index in [0.717, 1.165) is 24.3 Å². The van der Waals surface area contributed by atoms with E-state index in [4.69, 9.17) is 5.11 Å². The molecular formula is C16H12F3NO3. The smallest absolute Gasteiger partial charge is 0.326 e. The predicted molar refractivity (Wildman–Crippen MR) is 75.4 cm³/mol. The minimum absolute atomic E-state index is 0.199. The third-order valence-electron chi connectivity index (χ3n) is 3.13. The van der Waals surface area contributed by atoms with E-state index in [1.807, 2.05) is 0 Å². The van der Waals surface area contributed by atoms with Crippen molar-refractivity contribution >= 4 is 11.9 Å². The number of hydrogen-bond donors (Lipinski definition) is 2. The second-order valence-electron chi connectivity index (χ2n) is 4.80. The Morgan fingerprint density at radius 3 is 2.43 bits per heavy atom. The van der Waals surface area contributed by atoms with E-state index >= 15 is 0 Å². The fraction of sp³-hybridized carbons (Fsp3) is 0.125. The van der Waals surface area contributed by atoms with E-state index in [-0.39, 0.29) is 6.42 Å². The summed E-state index contributed by atoms with van der Waals surface area (Å²) in [6.45, 7) is 0. The molecule has 0 spiro atoms. The van der Waals surface area contributed by atoms with Crippen LogP contribution >= 0.6 is 0 Å². The number of hydrogen-bond acceptors (Lipinski definition) is 2. The van der Waals surface area contributed by atoms with Gasteiger partial charge in [0.1, 0.15) is 11.9 Å². The molecule has 23 heavy (non-hydrogen) atoms. The van der Waals surface area contributed by atoms with Crippen molar-refractivity contribution < 1.29 is 27.9 Å². The zero-order valence-electron chi connectivity index (χ0n) is 11.7. The van der Waals surface area contributed by atoms with Gasteiger partial charge < -0.3 is 10.4 Å². The SMILES string of the molecule is O=C(N[C@@H](Cc1cccc(F)c1)C(=O)O)c1cccc(F)c1F. The number of carboxylic acids is 1. The fourth-order valence-corrected chi connectivity index (χ4v) is 2.01. The lowest BCUT2D eigenvalue weighted by atomic mass is 10.1. The van der Waals surface area contributed by atoms with Crippen LogP contribution in [-0.2, 0) is 11.2 Å².